The van der Waals surface area contributed by atoms with Crippen LogP contribution in [-0.4, -0.2) is 6.54 Å². The monoisotopic (exact) mass is 273 g/mol. The van der Waals surface area contributed by atoms with Gasteiger partial charge in [0.25, 0.3) is 0 Å². The summed E-state index contributed by atoms with van der Waals surface area (Å²) in [5.41, 5.74) is 4.16. The van der Waals surface area contributed by atoms with Crippen molar-refractivity contribution >= 4 is 11.3 Å². The molecule has 1 unspecified atom stereocenters. The molecule has 2 rings (SSSR count). The van der Waals surface area contributed by atoms with Crippen molar-refractivity contribution in [3.05, 3.63) is 56.8 Å². The molecule has 1 aromatic carbocycles. The highest BCUT2D eigenvalue weighted by Crippen LogP contribution is 2.32. The van der Waals surface area contributed by atoms with Crippen LogP contribution < -0.4 is 5.32 Å². The minimum Gasteiger partial charge on any atom is -0.306 e. The van der Waals surface area contributed by atoms with Crippen LogP contribution in [0, 0.1) is 13.8 Å². The second-order valence-electron chi connectivity index (χ2n) is 4.99. The second-order valence-corrected chi connectivity index (χ2v) is 6.28. The van der Waals surface area contributed by atoms with Gasteiger partial charge in [0.2, 0.25) is 0 Å². The fourth-order valence-electron chi connectivity index (χ4n) is 2.46. The van der Waals surface area contributed by atoms with E-state index in [2.05, 4.69) is 63.3 Å². The third-order valence-electron chi connectivity index (χ3n) is 3.47. The van der Waals surface area contributed by atoms with Gasteiger partial charge in [0, 0.05) is 9.75 Å². The largest absolute Gasteiger partial charge is 0.306 e. The maximum absolute atomic E-state index is 3.62. The average molecular weight is 273 g/mol. The fourth-order valence-corrected chi connectivity index (χ4v) is 3.60. The van der Waals surface area contributed by atoms with Gasteiger partial charge in [-0.15, -0.1) is 11.3 Å². The summed E-state index contributed by atoms with van der Waals surface area (Å²) in [7, 11) is 0. The highest BCUT2D eigenvalue weighted by atomic mass is 32.1. The predicted octanol–water partition coefficient (Wildman–Crippen LogP) is 4.63. The molecule has 0 spiro atoms. The first-order valence-corrected chi connectivity index (χ1v) is 7.86. The van der Waals surface area contributed by atoms with Gasteiger partial charge in [-0.05, 0) is 49.6 Å². The molecule has 1 atom stereocenters. The van der Waals surface area contributed by atoms with Crippen LogP contribution in [-0.2, 0) is 6.42 Å². The van der Waals surface area contributed by atoms with Crippen molar-refractivity contribution < 1.29 is 0 Å². The molecule has 2 heteroatoms. The highest BCUT2D eigenvalue weighted by molar-refractivity contribution is 7.12. The molecule has 0 aliphatic rings. The topological polar surface area (TPSA) is 12.0 Å². The smallest absolute Gasteiger partial charge is 0.0673 e. The lowest BCUT2D eigenvalue weighted by atomic mass is 10.0. The standard InChI is InChI=1S/C17H23NS/c1-5-14-7-9-15(10-8-14)16(18-6-2)17-12(3)11-13(4)19-17/h7-11,16,18H,5-6H2,1-4H3. The lowest BCUT2D eigenvalue weighted by Crippen LogP contribution is -2.21. The van der Waals surface area contributed by atoms with E-state index in [1.165, 1.54) is 26.4 Å². The van der Waals surface area contributed by atoms with Crippen LogP contribution in [0.25, 0.3) is 0 Å². The summed E-state index contributed by atoms with van der Waals surface area (Å²) in [5.74, 6) is 0. The number of benzene rings is 1. The van der Waals surface area contributed by atoms with Crippen molar-refractivity contribution in [2.24, 2.45) is 0 Å². The van der Waals surface area contributed by atoms with E-state index in [9.17, 15) is 0 Å². The van der Waals surface area contributed by atoms with E-state index in [-0.39, 0.29) is 0 Å². The van der Waals surface area contributed by atoms with Crippen molar-refractivity contribution in [3.63, 3.8) is 0 Å². The number of hydrogen-bond acceptors (Lipinski definition) is 2. The third-order valence-corrected chi connectivity index (χ3v) is 4.69. The van der Waals surface area contributed by atoms with Gasteiger partial charge in [0.15, 0.2) is 0 Å². The Morgan fingerprint density at radius 1 is 1.11 bits per heavy atom. The van der Waals surface area contributed by atoms with Crippen LogP contribution >= 0.6 is 11.3 Å². The maximum Gasteiger partial charge on any atom is 0.0673 e. The normalized spacial score (nSPS) is 12.6. The molecule has 1 heterocycles. The van der Waals surface area contributed by atoms with E-state index in [1.54, 1.807) is 0 Å². The molecule has 1 aromatic heterocycles. The molecule has 0 fully saturated rings. The minimum absolute atomic E-state index is 0.328. The van der Waals surface area contributed by atoms with Crippen molar-refractivity contribution in [3.8, 4) is 0 Å². The molecule has 102 valence electrons. The Morgan fingerprint density at radius 3 is 2.26 bits per heavy atom. The molecule has 0 amide bonds. The van der Waals surface area contributed by atoms with Crippen LogP contribution in [0.1, 0.15) is 46.3 Å². The molecular formula is C17H23NS. The van der Waals surface area contributed by atoms with E-state index >= 15 is 0 Å². The number of aryl methyl sites for hydroxylation is 3. The van der Waals surface area contributed by atoms with E-state index in [1.807, 2.05) is 11.3 Å². The van der Waals surface area contributed by atoms with Gasteiger partial charge in [-0.2, -0.15) is 0 Å². The first-order chi connectivity index (χ1) is 9.15. The Bertz CT molecular complexity index is 525. The van der Waals surface area contributed by atoms with Crippen molar-refractivity contribution in [1.29, 1.82) is 0 Å². The lowest BCUT2D eigenvalue weighted by Gasteiger charge is -2.18. The summed E-state index contributed by atoms with van der Waals surface area (Å²) in [5, 5.41) is 3.62. The summed E-state index contributed by atoms with van der Waals surface area (Å²) in [6.07, 6.45) is 1.10. The van der Waals surface area contributed by atoms with Gasteiger partial charge >= 0.3 is 0 Å². The average Bonchev–Trinajstić information content (AvgIpc) is 2.75. The zero-order valence-corrected chi connectivity index (χ0v) is 13.1. The van der Waals surface area contributed by atoms with Gasteiger partial charge in [-0.3, -0.25) is 0 Å². The fraction of sp³-hybridized carbons (Fsp3) is 0.412. The van der Waals surface area contributed by atoms with E-state index in [0.717, 1.165) is 13.0 Å². The van der Waals surface area contributed by atoms with Gasteiger partial charge in [0.05, 0.1) is 6.04 Å². The molecule has 0 saturated heterocycles. The molecule has 0 bridgehead atoms. The quantitative estimate of drug-likeness (QED) is 0.837. The van der Waals surface area contributed by atoms with Crippen LogP contribution in [0.15, 0.2) is 30.3 Å². The number of hydrogen-bond donors (Lipinski definition) is 1. The Labute approximate surface area is 120 Å². The van der Waals surface area contributed by atoms with Gasteiger partial charge in [-0.1, -0.05) is 38.1 Å². The number of rotatable bonds is 5. The maximum atomic E-state index is 3.62. The van der Waals surface area contributed by atoms with E-state index < -0.39 is 0 Å². The SMILES string of the molecule is CCNC(c1ccc(CC)cc1)c1sc(C)cc1C. The van der Waals surface area contributed by atoms with Crippen molar-refractivity contribution in [1.82, 2.24) is 5.32 Å². The zero-order chi connectivity index (χ0) is 13.8. The lowest BCUT2D eigenvalue weighted by molar-refractivity contribution is 0.637. The number of thiophene rings is 1. The van der Waals surface area contributed by atoms with Gasteiger partial charge in [-0.25, -0.2) is 0 Å². The highest BCUT2D eigenvalue weighted by Gasteiger charge is 2.17. The summed E-state index contributed by atoms with van der Waals surface area (Å²) < 4.78 is 0. The first kappa shape index (κ1) is 14.3. The third kappa shape index (κ3) is 3.26. The molecule has 1 N–H and O–H groups in total. The van der Waals surface area contributed by atoms with Crippen LogP contribution in [0.3, 0.4) is 0 Å². The van der Waals surface area contributed by atoms with Crippen molar-refractivity contribution in [2.75, 3.05) is 6.54 Å². The van der Waals surface area contributed by atoms with E-state index in [0.29, 0.717) is 6.04 Å². The first-order valence-electron chi connectivity index (χ1n) is 7.04. The molecule has 1 nitrogen and oxygen atoms in total. The molecule has 2 aromatic rings. The van der Waals surface area contributed by atoms with Crippen LogP contribution in [0.4, 0.5) is 0 Å². The summed E-state index contributed by atoms with van der Waals surface area (Å²) in [4.78, 5) is 2.84. The second kappa shape index (κ2) is 6.36. The molecule has 0 saturated carbocycles. The zero-order valence-electron chi connectivity index (χ0n) is 12.3. The molecule has 0 radical (unpaired) electrons. The molecule has 19 heavy (non-hydrogen) atoms. The molecular weight excluding hydrogens is 250 g/mol. The Hall–Kier alpha value is -1.12. The van der Waals surface area contributed by atoms with Gasteiger partial charge in [0.1, 0.15) is 0 Å². The minimum atomic E-state index is 0.328. The summed E-state index contributed by atoms with van der Waals surface area (Å²) in [6.45, 7) is 9.75. The Balaban J connectivity index is 2.36. The summed E-state index contributed by atoms with van der Waals surface area (Å²) in [6, 6.07) is 11.6. The molecule has 0 aliphatic heterocycles. The van der Waals surface area contributed by atoms with Crippen molar-refractivity contribution in [2.45, 2.75) is 40.2 Å². The number of nitrogens with one attached hydrogen (secondary N) is 1. The predicted molar refractivity (Wildman–Crippen MR) is 85.1 cm³/mol. The van der Waals surface area contributed by atoms with Gasteiger partial charge < -0.3 is 5.32 Å². The molecule has 0 aliphatic carbocycles. The summed E-state index contributed by atoms with van der Waals surface area (Å²) >= 11 is 1.90. The van der Waals surface area contributed by atoms with Crippen LogP contribution in [0.5, 0.6) is 0 Å². The van der Waals surface area contributed by atoms with Crippen LogP contribution in [0.2, 0.25) is 0 Å². The Kier molecular flexibility index (Phi) is 4.78. The van der Waals surface area contributed by atoms with E-state index in [4.69, 9.17) is 0 Å². The Morgan fingerprint density at radius 2 is 1.79 bits per heavy atom.